The van der Waals surface area contributed by atoms with Gasteiger partial charge in [0.05, 0.1) is 6.33 Å². The van der Waals surface area contributed by atoms with Crippen molar-refractivity contribution < 1.29 is 24.5 Å². The van der Waals surface area contributed by atoms with Crippen LogP contribution >= 0.6 is 0 Å². The van der Waals surface area contributed by atoms with E-state index in [-0.39, 0.29) is 11.6 Å². The third-order valence-electron chi connectivity index (χ3n) is 3.90. The molecule has 3 heterocycles. The van der Waals surface area contributed by atoms with Gasteiger partial charge in [0, 0.05) is 6.92 Å². The molecule has 0 saturated carbocycles. The van der Waals surface area contributed by atoms with Crippen LogP contribution in [0.5, 0.6) is 0 Å². The summed E-state index contributed by atoms with van der Waals surface area (Å²) in [6.45, 7) is 4.68. The molecule has 4 N–H and O–H groups in total. The van der Waals surface area contributed by atoms with Crippen molar-refractivity contribution in [2.45, 2.75) is 45.3 Å². The summed E-state index contributed by atoms with van der Waals surface area (Å²) in [5, 5.41) is 20.8. The van der Waals surface area contributed by atoms with Crippen LogP contribution in [0.1, 0.15) is 27.0 Å². The molecule has 1 aliphatic rings. The molecule has 4 atom stereocenters. The SMILES string of the molecule is CC(=O)OC(=C(C)C)[C@H]1O[C@@H](n2cnc3c(N)ncnc32)[C@H](O)[C@@H]1O. The molecule has 0 unspecified atom stereocenters. The van der Waals surface area contributed by atoms with Gasteiger partial charge in [-0.15, -0.1) is 0 Å². The number of hydrogen-bond donors (Lipinski definition) is 3. The zero-order valence-electron chi connectivity index (χ0n) is 13.9. The van der Waals surface area contributed by atoms with Gasteiger partial charge in [-0.3, -0.25) is 9.36 Å². The highest BCUT2D eigenvalue weighted by Crippen LogP contribution is 2.36. The number of esters is 1. The molecule has 1 saturated heterocycles. The van der Waals surface area contributed by atoms with Crippen LogP contribution in [0.2, 0.25) is 0 Å². The largest absolute Gasteiger partial charge is 0.428 e. The molecule has 2 aromatic heterocycles. The summed E-state index contributed by atoms with van der Waals surface area (Å²) in [5.41, 5.74) is 7.12. The summed E-state index contributed by atoms with van der Waals surface area (Å²) in [6, 6.07) is 0. The van der Waals surface area contributed by atoms with Crippen LogP contribution in [0.4, 0.5) is 5.82 Å². The number of allylic oxidation sites excluding steroid dienone is 1. The number of carbonyl (C=O) groups is 1. The van der Waals surface area contributed by atoms with E-state index in [0.717, 1.165) is 0 Å². The third kappa shape index (κ3) is 2.95. The van der Waals surface area contributed by atoms with Gasteiger partial charge in [0.25, 0.3) is 0 Å². The molecule has 25 heavy (non-hydrogen) atoms. The zero-order valence-corrected chi connectivity index (χ0v) is 13.9. The number of imidazole rings is 1. The molecule has 10 heteroatoms. The Balaban J connectivity index is 1.98. The first-order chi connectivity index (χ1) is 11.8. The van der Waals surface area contributed by atoms with Crippen molar-refractivity contribution in [2.75, 3.05) is 5.73 Å². The minimum Gasteiger partial charge on any atom is -0.428 e. The Hall–Kier alpha value is -2.56. The smallest absolute Gasteiger partial charge is 0.307 e. The first-order valence-corrected chi connectivity index (χ1v) is 7.61. The maximum Gasteiger partial charge on any atom is 0.307 e. The number of carbonyl (C=O) groups excluding carboxylic acids is 1. The van der Waals surface area contributed by atoms with E-state index in [1.54, 1.807) is 13.8 Å². The van der Waals surface area contributed by atoms with E-state index in [0.29, 0.717) is 16.7 Å². The number of hydrogen-bond acceptors (Lipinski definition) is 9. The second-order valence-electron chi connectivity index (χ2n) is 5.97. The highest BCUT2D eigenvalue weighted by Gasteiger charge is 2.47. The average molecular weight is 349 g/mol. The second-order valence-corrected chi connectivity index (χ2v) is 5.97. The van der Waals surface area contributed by atoms with Crippen LogP contribution in [-0.4, -0.2) is 54.0 Å². The predicted octanol–water partition coefficient (Wildman–Crippen LogP) is -0.115. The Morgan fingerprint density at radius 2 is 1.96 bits per heavy atom. The lowest BCUT2D eigenvalue weighted by Crippen LogP contribution is -2.33. The van der Waals surface area contributed by atoms with Crippen molar-refractivity contribution in [1.82, 2.24) is 19.5 Å². The molecule has 3 rings (SSSR count). The number of nitrogens with zero attached hydrogens (tertiary/aromatic N) is 4. The maximum atomic E-state index is 11.3. The van der Waals surface area contributed by atoms with Gasteiger partial charge in [-0.1, -0.05) is 0 Å². The molecule has 0 bridgehead atoms. The fourth-order valence-electron chi connectivity index (χ4n) is 2.76. The third-order valence-corrected chi connectivity index (χ3v) is 3.90. The van der Waals surface area contributed by atoms with Gasteiger partial charge in [-0.25, -0.2) is 15.0 Å². The van der Waals surface area contributed by atoms with Gasteiger partial charge in [0.1, 0.15) is 35.9 Å². The van der Waals surface area contributed by atoms with E-state index in [9.17, 15) is 15.0 Å². The minimum atomic E-state index is -1.30. The molecule has 1 fully saturated rings. The van der Waals surface area contributed by atoms with E-state index in [2.05, 4.69) is 15.0 Å². The number of aliphatic hydroxyl groups excluding tert-OH is 2. The summed E-state index contributed by atoms with van der Waals surface area (Å²) in [6.07, 6.45) is -1.91. The maximum absolute atomic E-state index is 11.3. The number of fused-ring (bicyclic) bond motifs is 1. The molecular formula is C15H19N5O5. The van der Waals surface area contributed by atoms with Crippen molar-refractivity contribution in [1.29, 1.82) is 0 Å². The van der Waals surface area contributed by atoms with E-state index < -0.39 is 30.5 Å². The van der Waals surface area contributed by atoms with E-state index >= 15 is 0 Å². The van der Waals surface area contributed by atoms with Gasteiger partial charge in [0.2, 0.25) is 0 Å². The van der Waals surface area contributed by atoms with E-state index in [1.807, 2.05) is 0 Å². The summed E-state index contributed by atoms with van der Waals surface area (Å²) in [5.74, 6) is -0.183. The van der Waals surface area contributed by atoms with E-state index in [4.69, 9.17) is 15.2 Å². The summed E-state index contributed by atoms with van der Waals surface area (Å²) in [4.78, 5) is 23.4. The van der Waals surface area contributed by atoms with Gasteiger partial charge < -0.3 is 25.4 Å². The van der Waals surface area contributed by atoms with Gasteiger partial charge in [-0.05, 0) is 19.4 Å². The Labute approximate surface area is 142 Å². The molecule has 0 aromatic carbocycles. The molecule has 134 valence electrons. The Bertz CT molecular complexity index is 844. The molecular weight excluding hydrogens is 330 g/mol. The van der Waals surface area contributed by atoms with Crippen LogP contribution < -0.4 is 5.73 Å². The molecule has 0 amide bonds. The Morgan fingerprint density at radius 3 is 2.60 bits per heavy atom. The Morgan fingerprint density at radius 1 is 1.24 bits per heavy atom. The molecule has 10 nitrogen and oxygen atoms in total. The fraction of sp³-hybridized carbons (Fsp3) is 0.467. The fourth-order valence-corrected chi connectivity index (χ4v) is 2.76. The monoisotopic (exact) mass is 349 g/mol. The highest BCUT2D eigenvalue weighted by atomic mass is 16.6. The van der Waals surface area contributed by atoms with Crippen LogP contribution in [0.15, 0.2) is 24.0 Å². The lowest BCUT2D eigenvalue weighted by molar-refractivity contribution is -0.140. The second kappa shape index (κ2) is 6.39. The van der Waals surface area contributed by atoms with Crippen molar-refractivity contribution in [3.05, 3.63) is 24.0 Å². The summed E-state index contributed by atoms with van der Waals surface area (Å²) >= 11 is 0. The molecule has 0 radical (unpaired) electrons. The van der Waals surface area contributed by atoms with Gasteiger partial charge in [-0.2, -0.15) is 0 Å². The van der Waals surface area contributed by atoms with Crippen molar-refractivity contribution in [3.63, 3.8) is 0 Å². The molecule has 0 spiro atoms. The Kier molecular flexibility index (Phi) is 4.41. The van der Waals surface area contributed by atoms with Crippen LogP contribution in [-0.2, 0) is 14.3 Å². The summed E-state index contributed by atoms with van der Waals surface area (Å²) < 4.78 is 12.4. The van der Waals surface area contributed by atoms with Crippen LogP contribution in [0, 0.1) is 0 Å². The first-order valence-electron chi connectivity index (χ1n) is 7.61. The van der Waals surface area contributed by atoms with E-state index in [1.165, 1.54) is 24.1 Å². The highest BCUT2D eigenvalue weighted by molar-refractivity contribution is 5.81. The lowest BCUT2D eigenvalue weighted by atomic mass is 10.1. The molecule has 0 aliphatic carbocycles. The topological polar surface area (TPSA) is 146 Å². The number of aromatic nitrogens is 4. The number of nitrogen functional groups attached to an aromatic ring is 1. The predicted molar refractivity (Wildman–Crippen MR) is 85.8 cm³/mol. The first kappa shape index (κ1) is 17.3. The van der Waals surface area contributed by atoms with Crippen molar-refractivity contribution >= 4 is 23.0 Å². The van der Waals surface area contributed by atoms with Gasteiger partial charge in [0.15, 0.2) is 17.7 Å². The number of rotatable bonds is 3. The molecule has 1 aliphatic heterocycles. The number of anilines is 1. The lowest BCUT2D eigenvalue weighted by Gasteiger charge is -2.19. The van der Waals surface area contributed by atoms with Crippen LogP contribution in [0.25, 0.3) is 11.2 Å². The summed E-state index contributed by atoms with van der Waals surface area (Å²) in [7, 11) is 0. The van der Waals surface area contributed by atoms with Crippen LogP contribution in [0.3, 0.4) is 0 Å². The normalized spacial score (nSPS) is 26.0. The number of nitrogens with two attached hydrogens (primary N) is 1. The minimum absolute atomic E-state index is 0.167. The number of ether oxygens (including phenoxy) is 2. The molecule has 2 aromatic rings. The zero-order chi connectivity index (χ0) is 18.3. The standard InChI is InChI=1S/C15H19N5O5/c1-6(2)11(24-7(3)21)12-9(22)10(23)15(25-12)20-5-19-8-13(16)17-4-18-14(8)20/h4-5,9-10,12,15,22-23H,1-3H3,(H2,16,17,18)/t9-,10+,12-,15+/m0/s1. The average Bonchev–Trinajstić information content (AvgIpc) is 3.09. The van der Waals surface area contributed by atoms with Crippen molar-refractivity contribution in [3.8, 4) is 0 Å². The quantitative estimate of drug-likeness (QED) is 0.510. The van der Waals surface area contributed by atoms with Gasteiger partial charge >= 0.3 is 5.97 Å². The van der Waals surface area contributed by atoms with Crippen molar-refractivity contribution in [2.24, 2.45) is 0 Å². The number of aliphatic hydroxyl groups is 2.